The fourth-order valence-corrected chi connectivity index (χ4v) is 3.66. The average molecular weight is 427 g/mol. The summed E-state index contributed by atoms with van der Waals surface area (Å²) in [7, 11) is 0. The summed E-state index contributed by atoms with van der Waals surface area (Å²) in [5.41, 5.74) is 5.19. The predicted octanol–water partition coefficient (Wildman–Crippen LogP) is 1.99. The second-order valence-corrected chi connectivity index (χ2v) is 10.8. The quantitative estimate of drug-likeness (QED) is 0.446. The molecule has 1 fully saturated rings. The number of hydrogen-bond acceptors (Lipinski definition) is 7. The monoisotopic (exact) mass is 426 g/mol. The molecule has 0 spiro atoms. The Kier molecular flexibility index (Phi) is 11.5. The van der Waals surface area contributed by atoms with E-state index in [4.69, 9.17) is 10.5 Å². The number of nitrogens with two attached hydrogens (primary N) is 1. The zero-order valence-corrected chi connectivity index (χ0v) is 20.3. The molecule has 0 aromatic heterocycles. The number of carbonyl (C=O) groups is 2. The van der Waals surface area contributed by atoms with Crippen LogP contribution in [0.5, 0.6) is 0 Å². The Morgan fingerprint density at radius 1 is 0.800 bits per heavy atom. The largest absolute Gasteiger partial charge is 0.459 e. The number of nitrogens with zero attached hydrogens (tertiary/aromatic N) is 3. The Morgan fingerprint density at radius 2 is 1.30 bits per heavy atom. The average Bonchev–Trinajstić information content (AvgIpc) is 2.64. The van der Waals surface area contributed by atoms with Crippen LogP contribution in [0, 0.1) is 5.41 Å². The van der Waals surface area contributed by atoms with Gasteiger partial charge in [0.2, 0.25) is 0 Å². The van der Waals surface area contributed by atoms with Gasteiger partial charge in [-0.3, -0.25) is 19.4 Å². The van der Waals surface area contributed by atoms with E-state index in [0.29, 0.717) is 19.5 Å². The summed E-state index contributed by atoms with van der Waals surface area (Å²) in [6.07, 6.45) is 2.68. The van der Waals surface area contributed by atoms with Crippen molar-refractivity contribution in [2.45, 2.75) is 66.4 Å². The molecule has 0 atom stereocenters. The zero-order chi connectivity index (χ0) is 22.8. The summed E-state index contributed by atoms with van der Waals surface area (Å²) < 4.78 is 5.52. The summed E-state index contributed by atoms with van der Waals surface area (Å²) >= 11 is 0. The van der Waals surface area contributed by atoms with Gasteiger partial charge in [-0.1, -0.05) is 20.8 Å². The first-order valence-corrected chi connectivity index (χ1v) is 11.5. The Bertz CT molecular complexity index is 484. The van der Waals surface area contributed by atoms with Crippen LogP contribution in [0.4, 0.5) is 0 Å². The van der Waals surface area contributed by atoms with Gasteiger partial charge in [-0.2, -0.15) is 0 Å². The van der Waals surface area contributed by atoms with Crippen molar-refractivity contribution in [1.29, 1.82) is 0 Å². The van der Waals surface area contributed by atoms with Crippen LogP contribution in [-0.2, 0) is 14.3 Å². The number of ketones is 1. The minimum atomic E-state index is -0.476. The second kappa shape index (κ2) is 12.7. The van der Waals surface area contributed by atoms with E-state index in [1.165, 1.54) is 0 Å². The number of unbranched alkanes of at least 4 members (excludes halogenated alkanes) is 1. The molecule has 0 amide bonds. The van der Waals surface area contributed by atoms with E-state index in [1.54, 1.807) is 0 Å². The van der Waals surface area contributed by atoms with E-state index in [2.05, 4.69) is 35.5 Å². The molecule has 7 heteroatoms. The van der Waals surface area contributed by atoms with Crippen molar-refractivity contribution in [3.8, 4) is 0 Å². The van der Waals surface area contributed by atoms with E-state index in [9.17, 15) is 9.59 Å². The van der Waals surface area contributed by atoms with Crippen molar-refractivity contribution < 1.29 is 14.3 Å². The highest BCUT2D eigenvalue weighted by Gasteiger charge is 2.23. The molecule has 0 aromatic rings. The highest BCUT2D eigenvalue weighted by Crippen LogP contribution is 2.19. The van der Waals surface area contributed by atoms with E-state index < -0.39 is 5.60 Å². The van der Waals surface area contributed by atoms with Gasteiger partial charge < -0.3 is 15.4 Å². The molecule has 0 saturated carbocycles. The van der Waals surface area contributed by atoms with Gasteiger partial charge in [0.15, 0.2) is 0 Å². The standard InChI is InChI=1S/C23H46N4O3/c1-22(2,3)17-20(28)18-26-13-11-25(10-8-7-9-24)12-14-27(16-15-26)19-21(29)30-23(4,5)6/h7-19,24H2,1-6H3. The van der Waals surface area contributed by atoms with Crippen LogP contribution in [0.1, 0.15) is 60.8 Å². The number of ether oxygens (including phenoxy) is 1. The SMILES string of the molecule is CC(C)(C)CC(=O)CN1CCN(CCCCN)CCN(CC(=O)OC(C)(C)C)CC1. The molecule has 1 aliphatic heterocycles. The van der Waals surface area contributed by atoms with E-state index in [0.717, 1.165) is 58.7 Å². The van der Waals surface area contributed by atoms with Crippen LogP contribution in [0.3, 0.4) is 0 Å². The third-order valence-corrected chi connectivity index (χ3v) is 5.03. The Hall–Kier alpha value is -1.02. The van der Waals surface area contributed by atoms with Crippen LogP contribution in [0.25, 0.3) is 0 Å². The molecule has 0 radical (unpaired) electrons. The van der Waals surface area contributed by atoms with Gasteiger partial charge in [0, 0.05) is 45.7 Å². The predicted molar refractivity (Wildman–Crippen MR) is 123 cm³/mol. The maximum Gasteiger partial charge on any atom is 0.320 e. The summed E-state index contributed by atoms with van der Waals surface area (Å²) in [6.45, 7) is 19.6. The van der Waals surface area contributed by atoms with Crippen molar-refractivity contribution in [1.82, 2.24) is 14.7 Å². The van der Waals surface area contributed by atoms with Gasteiger partial charge in [0.25, 0.3) is 0 Å². The van der Waals surface area contributed by atoms with Gasteiger partial charge in [0.05, 0.1) is 13.1 Å². The van der Waals surface area contributed by atoms with Crippen LogP contribution in [0.15, 0.2) is 0 Å². The number of carbonyl (C=O) groups excluding carboxylic acids is 2. The molecule has 0 aliphatic carbocycles. The molecular formula is C23H46N4O3. The topological polar surface area (TPSA) is 79.1 Å². The highest BCUT2D eigenvalue weighted by atomic mass is 16.6. The molecule has 1 aliphatic rings. The van der Waals surface area contributed by atoms with E-state index >= 15 is 0 Å². The van der Waals surface area contributed by atoms with Gasteiger partial charge in [0.1, 0.15) is 11.4 Å². The Morgan fingerprint density at radius 3 is 1.77 bits per heavy atom. The van der Waals surface area contributed by atoms with Gasteiger partial charge in [-0.15, -0.1) is 0 Å². The van der Waals surface area contributed by atoms with Crippen molar-refractivity contribution in [3.05, 3.63) is 0 Å². The zero-order valence-electron chi connectivity index (χ0n) is 20.3. The molecular weight excluding hydrogens is 380 g/mol. The Balaban J connectivity index is 2.74. The minimum Gasteiger partial charge on any atom is -0.459 e. The first-order valence-electron chi connectivity index (χ1n) is 11.5. The molecule has 0 unspecified atom stereocenters. The van der Waals surface area contributed by atoms with Crippen molar-refractivity contribution in [2.75, 3.05) is 65.4 Å². The molecule has 1 heterocycles. The second-order valence-electron chi connectivity index (χ2n) is 10.8. The molecule has 1 saturated heterocycles. The van der Waals surface area contributed by atoms with Crippen LogP contribution < -0.4 is 5.73 Å². The molecule has 0 bridgehead atoms. The number of Topliss-reactive ketones (excluding diaryl/α,β-unsaturated/α-hetero) is 1. The first kappa shape index (κ1) is 27.0. The summed E-state index contributed by atoms with van der Waals surface area (Å²) in [6, 6.07) is 0. The number of hydrogen-bond donors (Lipinski definition) is 1. The first-order chi connectivity index (χ1) is 13.9. The summed E-state index contributed by atoms with van der Waals surface area (Å²) in [5, 5.41) is 0. The lowest BCUT2D eigenvalue weighted by molar-refractivity contribution is -0.156. The fraction of sp³-hybridized carbons (Fsp3) is 0.913. The van der Waals surface area contributed by atoms with Gasteiger partial charge in [-0.05, 0) is 52.1 Å². The third kappa shape index (κ3) is 13.3. The van der Waals surface area contributed by atoms with Gasteiger partial charge in [-0.25, -0.2) is 0 Å². The molecule has 176 valence electrons. The lowest BCUT2D eigenvalue weighted by Gasteiger charge is -2.27. The maximum atomic E-state index is 12.6. The molecule has 2 N–H and O–H groups in total. The normalized spacial score (nSPS) is 18.5. The third-order valence-electron chi connectivity index (χ3n) is 5.03. The summed E-state index contributed by atoms with van der Waals surface area (Å²) in [5.74, 6) is 0.0990. The van der Waals surface area contributed by atoms with Crippen molar-refractivity contribution in [2.24, 2.45) is 11.1 Å². The fourth-order valence-electron chi connectivity index (χ4n) is 3.66. The summed E-state index contributed by atoms with van der Waals surface area (Å²) in [4.78, 5) is 31.8. The molecule has 7 nitrogen and oxygen atoms in total. The molecule has 1 rings (SSSR count). The number of esters is 1. The lowest BCUT2D eigenvalue weighted by atomic mass is 9.90. The highest BCUT2D eigenvalue weighted by molar-refractivity contribution is 5.81. The smallest absolute Gasteiger partial charge is 0.320 e. The Labute approximate surface area is 184 Å². The van der Waals surface area contributed by atoms with Crippen molar-refractivity contribution >= 4 is 11.8 Å². The van der Waals surface area contributed by atoms with E-state index in [-0.39, 0.29) is 23.7 Å². The molecule has 30 heavy (non-hydrogen) atoms. The lowest BCUT2D eigenvalue weighted by Crippen LogP contribution is -2.42. The van der Waals surface area contributed by atoms with Crippen molar-refractivity contribution in [3.63, 3.8) is 0 Å². The molecule has 0 aromatic carbocycles. The van der Waals surface area contributed by atoms with Crippen LogP contribution in [-0.4, -0.2) is 97.5 Å². The van der Waals surface area contributed by atoms with Crippen LogP contribution in [0.2, 0.25) is 0 Å². The van der Waals surface area contributed by atoms with Crippen LogP contribution >= 0.6 is 0 Å². The maximum absolute atomic E-state index is 12.6. The van der Waals surface area contributed by atoms with E-state index in [1.807, 2.05) is 20.8 Å². The number of rotatable bonds is 9. The minimum absolute atomic E-state index is 0.00766. The van der Waals surface area contributed by atoms with Gasteiger partial charge >= 0.3 is 5.97 Å².